The summed E-state index contributed by atoms with van der Waals surface area (Å²) in [6.07, 6.45) is 1.55. The van der Waals surface area contributed by atoms with Gasteiger partial charge in [-0.05, 0) is 55.5 Å². The van der Waals surface area contributed by atoms with Gasteiger partial charge >= 0.3 is 0 Å². The summed E-state index contributed by atoms with van der Waals surface area (Å²) in [5, 5.41) is 0.907. The van der Waals surface area contributed by atoms with Crippen LogP contribution in [0.15, 0.2) is 60.0 Å². The van der Waals surface area contributed by atoms with Crippen LogP contribution in [-0.4, -0.2) is 31.2 Å². The second-order valence-corrected chi connectivity index (χ2v) is 10.2. The van der Waals surface area contributed by atoms with Gasteiger partial charge in [0.1, 0.15) is 11.7 Å². The predicted octanol–water partition coefficient (Wildman–Crippen LogP) is 4.34. The van der Waals surface area contributed by atoms with Crippen LogP contribution in [0.3, 0.4) is 0 Å². The molecular weight excluding hydrogens is 443 g/mol. The summed E-state index contributed by atoms with van der Waals surface area (Å²) in [5.41, 5.74) is 1.24. The fourth-order valence-electron chi connectivity index (χ4n) is 3.32. The Labute approximate surface area is 195 Å². The van der Waals surface area contributed by atoms with Crippen LogP contribution in [0.2, 0.25) is 0 Å². The van der Waals surface area contributed by atoms with E-state index in [9.17, 15) is 22.4 Å². The molecule has 1 unspecified atom stereocenters. The zero-order valence-corrected chi connectivity index (χ0v) is 20.2. The normalized spacial score (nSPS) is 12.8. The molecule has 2 aromatic rings. The monoisotopic (exact) mass is 474 g/mol. The zero-order chi connectivity index (χ0) is 24.6. The Kier molecular flexibility index (Phi) is 9.34. The topological polar surface area (TPSA) is 83.5 Å². The van der Waals surface area contributed by atoms with Crippen LogP contribution >= 0.6 is 0 Å². The van der Waals surface area contributed by atoms with Gasteiger partial charge < -0.3 is 4.90 Å². The average molecular weight is 475 g/mol. The number of carbonyl (C=O) groups is 2. The molecule has 6 nitrogen and oxygen atoms in total. The third-order valence-electron chi connectivity index (χ3n) is 4.95. The smallest absolute Gasteiger partial charge is 0.257 e. The van der Waals surface area contributed by atoms with Crippen LogP contribution in [-0.2, 0) is 26.2 Å². The van der Waals surface area contributed by atoms with Gasteiger partial charge in [0.05, 0.1) is 5.41 Å². The van der Waals surface area contributed by atoms with Crippen molar-refractivity contribution >= 4 is 27.9 Å². The second kappa shape index (κ2) is 11.7. The first-order chi connectivity index (χ1) is 15.5. The van der Waals surface area contributed by atoms with Crippen molar-refractivity contribution in [2.45, 2.75) is 46.7 Å². The first kappa shape index (κ1) is 26.3. The Morgan fingerprint density at radius 2 is 1.70 bits per heavy atom. The molecule has 0 saturated heterocycles. The van der Waals surface area contributed by atoms with Gasteiger partial charge in [0.2, 0.25) is 11.8 Å². The van der Waals surface area contributed by atoms with Crippen molar-refractivity contribution in [1.29, 1.82) is 0 Å². The predicted molar refractivity (Wildman–Crippen MR) is 128 cm³/mol. The van der Waals surface area contributed by atoms with Gasteiger partial charge in [0.25, 0.3) is 10.0 Å². The highest BCUT2D eigenvalue weighted by atomic mass is 32.2. The fourth-order valence-corrected chi connectivity index (χ4v) is 4.14. The summed E-state index contributed by atoms with van der Waals surface area (Å²) < 4.78 is 40.6. The maximum absolute atomic E-state index is 13.6. The number of nitrogens with one attached hydrogen (secondary N) is 1. The summed E-state index contributed by atoms with van der Waals surface area (Å²) in [6.45, 7) is 7.39. The molecule has 1 atom stereocenters. The van der Waals surface area contributed by atoms with E-state index in [1.165, 1.54) is 23.1 Å². The maximum Gasteiger partial charge on any atom is 0.257 e. The van der Waals surface area contributed by atoms with Crippen LogP contribution in [0.1, 0.15) is 45.2 Å². The third-order valence-corrected chi connectivity index (χ3v) is 5.93. The van der Waals surface area contributed by atoms with E-state index in [1.54, 1.807) is 56.3 Å². The highest BCUT2D eigenvalue weighted by Crippen LogP contribution is 2.20. The van der Waals surface area contributed by atoms with Gasteiger partial charge in [-0.15, -0.1) is 0 Å². The van der Waals surface area contributed by atoms with E-state index in [1.807, 2.05) is 18.6 Å². The van der Waals surface area contributed by atoms with Crippen molar-refractivity contribution in [3.05, 3.63) is 76.9 Å². The van der Waals surface area contributed by atoms with E-state index in [2.05, 4.69) is 0 Å². The minimum atomic E-state index is -4.10. The van der Waals surface area contributed by atoms with Crippen molar-refractivity contribution in [3.8, 4) is 0 Å². The summed E-state index contributed by atoms with van der Waals surface area (Å²) in [4.78, 5) is 27.8. The van der Waals surface area contributed by atoms with Gasteiger partial charge in [-0.1, -0.05) is 56.3 Å². The molecule has 0 aromatic heterocycles. The molecule has 2 aromatic carbocycles. The number of halogens is 1. The molecule has 8 heteroatoms. The number of hydrogen-bond donors (Lipinski definition) is 1. The molecule has 0 radical (unpaired) electrons. The van der Waals surface area contributed by atoms with E-state index in [0.717, 1.165) is 5.41 Å². The van der Waals surface area contributed by atoms with Crippen molar-refractivity contribution in [1.82, 2.24) is 9.62 Å². The molecule has 2 amide bonds. The molecule has 0 aliphatic rings. The standard InChI is InChI=1S/C25H31FN2O4S/c1-18(2)15-23(24(29)27-33(31,32)14-13-20-9-6-5-7-10-20)25(30)28(19(3)4)17-21-11-8-12-22(26)16-21/h5-14,16,18-19,23H,15,17H2,1-4H3,(H,27,29). The van der Waals surface area contributed by atoms with Crippen LogP contribution in [0, 0.1) is 17.7 Å². The van der Waals surface area contributed by atoms with Gasteiger partial charge in [0, 0.05) is 12.6 Å². The van der Waals surface area contributed by atoms with Crippen molar-refractivity contribution in [2.75, 3.05) is 0 Å². The number of hydrogen-bond acceptors (Lipinski definition) is 4. The van der Waals surface area contributed by atoms with Crippen LogP contribution < -0.4 is 4.72 Å². The molecule has 0 spiro atoms. The van der Waals surface area contributed by atoms with Crippen molar-refractivity contribution in [3.63, 3.8) is 0 Å². The van der Waals surface area contributed by atoms with Crippen LogP contribution in [0.4, 0.5) is 4.39 Å². The average Bonchev–Trinajstić information content (AvgIpc) is 2.74. The Bertz CT molecular complexity index is 1080. The molecular formula is C25H31FN2O4S. The minimum absolute atomic E-state index is 0.0320. The number of amides is 2. The van der Waals surface area contributed by atoms with E-state index < -0.39 is 33.6 Å². The number of sulfonamides is 1. The Hall–Kier alpha value is -3.00. The highest BCUT2D eigenvalue weighted by molar-refractivity contribution is 7.93. The molecule has 0 saturated carbocycles. The third kappa shape index (κ3) is 8.46. The lowest BCUT2D eigenvalue weighted by atomic mass is 9.94. The quantitative estimate of drug-likeness (QED) is 0.519. The Balaban J connectivity index is 2.23. The molecule has 0 aliphatic carbocycles. The maximum atomic E-state index is 13.6. The van der Waals surface area contributed by atoms with Gasteiger partial charge in [-0.3, -0.25) is 9.59 Å². The minimum Gasteiger partial charge on any atom is -0.335 e. The van der Waals surface area contributed by atoms with Gasteiger partial charge in [-0.2, -0.15) is 0 Å². The lowest BCUT2D eigenvalue weighted by Crippen LogP contribution is -2.47. The molecule has 0 bridgehead atoms. The molecule has 0 fully saturated rings. The SMILES string of the molecule is CC(C)CC(C(=O)NS(=O)(=O)C=Cc1ccccc1)C(=O)N(Cc1cccc(F)c1)C(C)C. The Morgan fingerprint density at radius 3 is 2.27 bits per heavy atom. The van der Waals surface area contributed by atoms with Crippen LogP contribution in [0.5, 0.6) is 0 Å². The van der Waals surface area contributed by atoms with E-state index in [4.69, 9.17) is 0 Å². The van der Waals surface area contributed by atoms with E-state index in [-0.39, 0.29) is 24.9 Å². The highest BCUT2D eigenvalue weighted by Gasteiger charge is 2.34. The molecule has 0 heterocycles. The van der Waals surface area contributed by atoms with E-state index >= 15 is 0 Å². The number of carbonyl (C=O) groups excluding carboxylic acids is 2. The molecule has 2 rings (SSSR count). The first-order valence-electron chi connectivity index (χ1n) is 10.8. The summed E-state index contributed by atoms with van der Waals surface area (Å²) in [6, 6.07) is 14.4. The number of benzene rings is 2. The van der Waals surface area contributed by atoms with E-state index in [0.29, 0.717) is 11.1 Å². The fraction of sp³-hybridized carbons (Fsp3) is 0.360. The zero-order valence-electron chi connectivity index (χ0n) is 19.4. The number of rotatable bonds is 10. The summed E-state index contributed by atoms with van der Waals surface area (Å²) >= 11 is 0. The molecule has 0 aliphatic heterocycles. The molecule has 178 valence electrons. The van der Waals surface area contributed by atoms with Gasteiger partial charge in [0.15, 0.2) is 0 Å². The second-order valence-electron chi connectivity index (χ2n) is 8.60. The van der Waals surface area contributed by atoms with Gasteiger partial charge in [-0.25, -0.2) is 17.5 Å². The molecule has 33 heavy (non-hydrogen) atoms. The van der Waals surface area contributed by atoms with Crippen molar-refractivity contribution in [2.24, 2.45) is 11.8 Å². The number of nitrogens with zero attached hydrogens (tertiary/aromatic N) is 1. The largest absolute Gasteiger partial charge is 0.335 e. The first-order valence-corrected chi connectivity index (χ1v) is 12.4. The summed E-state index contributed by atoms with van der Waals surface area (Å²) in [7, 11) is -4.10. The summed E-state index contributed by atoms with van der Waals surface area (Å²) in [5.74, 6) is -3.02. The lowest BCUT2D eigenvalue weighted by Gasteiger charge is -2.31. The Morgan fingerprint density at radius 1 is 1.03 bits per heavy atom. The van der Waals surface area contributed by atoms with Crippen molar-refractivity contribution < 1.29 is 22.4 Å². The molecule has 1 N–H and O–H groups in total. The van der Waals surface area contributed by atoms with Crippen LogP contribution in [0.25, 0.3) is 6.08 Å². The lowest BCUT2D eigenvalue weighted by molar-refractivity contribution is -0.144.